The minimum atomic E-state index is -4.54. The number of anilines is 1. The Morgan fingerprint density at radius 2 is 1.86 bits per heavy atom. The monoisotopic (exact) mass is 512 g/mol. The van der Waals surface area contributed by atoms with Crippen LogP contribution in [-0.4, -0.2) is 53.9 Å². The standard InChI is InChI=1S/C27H24ClF3N4O/c1-34-11-13-35(14-12-34)18-22-6-8-23(16-24(22)27(29,30)31)33-26(36)21-7-9-25(28)20(15-21)5-4-19-3-2-10-32-17-19/h2-3,6-10,15-17H,11-14,18H2,1H3,(H,33,36). The number of piperazine rings is 1. The van der Waals surface area contributed by atoms with E-state index in [1.54, 1.807) is 24.5 Å². The smallest absolute Gasteiger partial charge is 0.322 e. The summed E-state index contributed by atoms with van der Waals surface area (Å²) >= 11 is 6.22. The molecular weight excluding hydrogens is 489 g/mol. The highest BCUT2D eigenvalue weighted by Crippen LogP contribution is 2.34. The van der Waals surface area contributed by atoms with Gasteiger partial charge in [0.1, 0.15) is 0 Å². The number of amides is 1. The maximum absolute atomic E-state index is 13.9. The number of alkyl halides is 3. The van der Waals surface area contributed by atoms with Gasteiger partial charge in [0, 0.05) is 67.5 Å². The Labute approximate surface area is 212 Å². The van der Waals surface area contributed by atoms with Crippen LogP contribution in [0.3, 0.4) is 0 Å². The van der Waals surface area contributed by atoms with E-state index in [-0.39, 0.29) is 23.4 Å². The number of hydrogen-bond donors (Lipinski definition) is 1. The lowest BCUT2D eigenvalue weighted by Crippen LogP contribution is -2.44. The van der Waals surface area contributed by atoms with E-state index in [2.05, 4.69) is 27.0 Å². The molecule has 2 heterocycles. The highest BCUT2D eigenvalue weighted by atomic mass is 35.5. The van der Waals surface area contributed by atoms with Crippen molar-refractivity contribution in [2.24, 2.45) is 0 Å². The minimum absolute atomic E-state index is 0.0624. The van der Waals surface area contributed by atoms with Crippen LogP contribution in [-0.2, 0) is 12.7 Å². The van der Waals surface area contributed by atoms with Crippen LogP contribution >= 0.6 is 11.6 Å². The number of likely N-dealkylation sites (N-methyl/N-ethyl adjacent to an activating group) is 1. The van der Waals surface area contributed by atoms with E-state index in [4.69, 9.17) is 11.6 Å². The zero-order valence-corrected chi connectivity index (χ0v) is 20.3. The molecule has 0 aliphatic carbocycles. The van der Waals surface area contributed by atoms with Gasteiger partial charge in [0.05, 0.1) is 10.6 Å². The Balaban J connectivity index is 1.52. The molecule has 0 saturated carbocycles. The number of carbonyl (C=O) groups is 1. The summed E-state index contributed by atoms with van der Waals surface area (Å²) in [6.45, 7) is 3.23. The van der Waals surface area contributed by atoms with Gasteiger partial charge in [-0.25, -0.2) is 0 Å². The van der Waals surface area contributed by atoms with E-state index in [1.807, 2.05) is 11.9 Å². The molecule has 1 aromatic heterocycles. The van der Waals surface area contributed by atoms with Gasteiger partial charge in [0.2, 0.25) is 0 Å². The molecule has 36 heavy (non-hydrogen) atoms. The molecule has 2 aromatic carbocycles. The van der Waals surface area contributed by atoms with Gasteiger partial charge in [0.15, 0.2) is 0 Å². The van der Waals surface area contributed by atoms with Crippen LogP contribution < -0.4 is 5.32 Å². The van der Waals surface area contributed by atoms with Crippen LogP contribution in [0.25, 0.3) is 0 Å². The first-order valence-electron chi connectivity index (χ1n) is 11.3. The second-order valence-corrected chi connectivity index (χ2v) is 9.00. The van der Waals surface area contributed by atoms with Gasteiger partial charge in [-0.3, -0.25) is 14.7 Å². The molecule has 1 aliphatic rings. The first kappa shape index (κ1) is 25.7. The number of pyridine rings is 1. The van der Waals surface area contributed by atoms with Crippen LogP contribution in [0.4, 0.5) is 18.9 Å². The molecule has 1 amide bonds. The Kier molecular flexibility index (Phi) is 7.94. The molecule has 0 bridgehead atoms. The Morgan fingerprint density at radius 3 is 2.56 bits per heavy atom. The fourth-order valence-electron chi connectivity index (χ4n) is 3.84. The quantitative estimate of drug-likeness (QED) is 0.491. The maximum Gasteiger partial charge on any atom is 0.416 e. The lowest BCUT2D eigenvalue weighted by atomic mass is 10.0. The van der Waals surface area contributed by atoms with Gasteiger partial charge in [0.25, 0.3) is 5.91 Å². The molecule has 186 valence electrons. The molecule has 0 atom stereocenters. The van der Waals surface area contributed by atoms with Crippen molar-refractivity contribution in [1.82, 2.24) is 14.8 Å². The zero-order chi connectivity index (χ0) is 25.7. The largest absolute Gasteiger partial charge is 0.416 e. The van der Waals surface area contributed by atoms with Crippen LogP contribution in [0.5, 0.6) is 0 Å². The number of nitrogens with zero attached hydrogens (tertiary/aromatic N) is 3. The second kappa shape index (κ2) is 11.1. The first-order chi connectivity index (χ1) is 17.2. The Hall–Kier alpha value is -3.38. The molecule has 9 heteroatoms. The van der Waals surface area contributed by atoms with Crippen molar-refractivity contribution >= 4 is 23.2 Å². The molecule has 1 aliphatic heterocycles. The summed E-state index contributed by atoms with van der Waals surface area (Å²) in [6, 6.07) is 12.0. The summed E-state index contributed by atoms with van der Waals surface area (Å²) in [5.41, 5.74) is 0.826. The third-order valence-corrected chi connectivity index (χ3v) is 6.22. The van der Waals surface area contributed by atoms with Crippen molar-refractivity contribution < 1.29 is 18.0 Å². The number of carbonyl (C=O) groups excluding carboxylic acids is 1. The van der Waals surface area contributed by atoms with Crippen molar-refractivity contribution in [3.05, 3.63) is 93.8 Å². The number of benzene rings is 2. The van der Waals surface area contributed by atoms with Gasteiger partial charge in [-0.1, -0.05) is 29.5 Å². The summed E-state index contributed by atoms with van der Waals surface area (Å²) in [5, 5.41) is 2.92. The van der Waals surface area contributed by atoms with Crippen LogP contribution in [0.1, 0.15) is 32.6 Å². The summed E-state index contributed by atoms with van der Waals surface area (Å²) in [7, 11) is 1.99. The summed E-state index contributed by atoms with van der Waals surface area (Å²) in [4.78, 5) is 21.0. The van der Waals surface area contributed by atoms with E-state index >= 15 is 0 Å². The predicted molar refractivity (Wildman–Crippen MR) is 134 cm³/mol. The summed E-state index contributed by atoms with van der Waals surface area (Å²) in [5.74, 6) is 5.27. The third-order valence-electron chi connectivity index (χ3n) is 5.89. The SMILES string of the molecule is CN1CCN(Cc2ccc(NC(=O)c3ccc(Cl)c(C#Cc4cccnc4)c3)cc2C(F)(F)F)CC1. The second-order valence-electron chi connectivity index (χ2n) is 8.59. The molecule has 0 unspecified atom stereocenters. The topological polar surface area (TPSA) is 48.5 Å². The molecular formula is C27H24ClF3N4O. The van der Waals surface area contributed by atoms with Gasteiger partial charge in [-0.05, 0) is 55.1 Å². The summed E-state index contributed by atoms with van der Waals surface area (Å²) < 4.78 is 41.6. The highest BCUT2D eigenvalue weighted by molar-refractivity contribution is 6.32. The van der Waals surface area contributed by atoms with E-state index in [0.717, 1.165) is 19.2 Å². The Morgan fingerprint density at radius 1 is 1.08 bits per heavy atom. The van der Waals surface area contributed by atoms with Gasteiger partial charge < -0.3 is 10.2 Å². The molecule has 0 spiro atoms. The lowest BCUT2D eigenvalue weighted by molar-refractivity contribution is -0.138. The van der Waals surface area contributed by atoms with Crippen molar-refractivity contribution in [2.45, 2.75) is 12.7 Å². The highest BCUT2D eigenvalue weighted by Gasteiger charge is 2.34. The molecule has 3 aromatic rings. The third kappa shape index (κ3) is 6.64. The van der Waals surface area contributed by atoms with Crippen molar-refractivity contribution in [3.8, 4) is 11.8 Å². The van der Waals surface area contributed by atoms with E-state index in [0.29, 0.717) is 29.2 Å². The van der Waals surface area contributed by atoms with Crippen molar-refractivity contribution in [1.29, 1.82) is 0 Å². The molecule has 0 radical (unpaired) electrons. The predicted octanol–water partition coefficient (Wildman–Crippen LogP) is 5.15. The average Bonchev–Trinajstić information content (AvgIpc) is 2.85. The number of rotatable bonds is 4. The van der Waals surface area contributed by atoms with E-state index in [1.165, 1.54) is 30.3 Å². The van der Waals surface area contributed by atoms with E-state index in [9.17, 15) is 18.0 Å². The van der Waals surface area contributed by atoms with Crippen molar-refractivity contribution in [2.75, 3.05) is 38.5 Å². The normalized spacial score (nSPS) is 14.7. The van der Waals surface area contributed by atoms with Gasteiger partial charge >= 0.3 is 6.18 Å². The summed E-state index contributed by atoms with van der Waals surface area (Å²) in [6.07, 6.45) is -1.31. The minimum Gasteiger partial charge on any atom is -0.322 e. The van der Waals surface area contributed by atoms with Gasteiger partial charge in [-0.2, -0.15) is 13.2 Å². The number of halogens is 4. The van der Waals surface area contributed by atoms with E-state index < -0.39 is 17.6 Å². The Bertz CT molecular complexity index is 1290. The fourth-order valence-corrected chi connectivity index (χ4v) is 4.01. The lowest BCUT2D eigenvalue weighted by Gasteiger charge is -2.33. The molecule has 5 nitrogen and oxygen atoms in total. The maximum atomic E-state index is 13.9. The first-order valence-corrected chi connectivity index (χ1v) is 11.7. The van der Waals surface area contributed by atoms with Crippen molar-refractivity contribution in [3.63, 3.8) is 0 Å². The fraction of sp³-hybridized carbons (Fsp3) is 0.259. The number of aromatic nitrogens is 1. The number of nitrogens with one attached hydrogen (secondary N) is 1. The van der Waals surface area contributed by atoms with Crippen LogP contribution in [0, 0.1) is 11.8 Å². The average molecular weight is 513 g/mol. The van der Waals surface area contributed by atoms with Gasteiger partial charge in [-0.15, -0.1) is 0 Å². The molecule has 1 fully saturated rings. The zero-order valence-electron chi connectivity index (χ0n) is 19.6. The molecule has 1 N–H and O–H groups in total. The molecule has 1 saturated heterocycles. The molecule has 4 rings (SSSR count). The van der Waals surface area contributed by atoms with Crippen LogP contribution in [0.2, 0.25) is 5.02 Å². The van der Waals surface area contributed by atoms with Crippen LogP contribution in [0.15, 0.2) is 60.9 Å². The number of hydrogen-bond acceptors (Lipinski definition) is 4.